The summed E-state index contributed by atoms with van der Waals surface area (Å²) in [6, 6.07) is 23.4. The van der Waals surface area contributed by atoms with Gasteiger partial charge in [0, 0.05) is 35.7 Å². The molecule has 0 fully saturated rings. The summed E-state index contributed by atoms with van der Waals surface area (Å²) in [4.78, 5) is 56.3. The summed E-state index contributed by atoms with van der Waals surface area (Å²) in [6.07, 6.45) is 1.47. The van der Waals surface area contributed by atoms with Crippen molar-refractivity contribution in [3.8, 4) is 22.4 Å². The highest BCUT2D eigenvalue weighted by Crippen LogP contribution is 2.44. The molecule has 2 aromatic heterocycles. The predicted molar refractivity (Wildman–Crippen MR) is 200 cm³/mol. The van der Waals surface area contributed by atoms with E-state index in [0.717, 1.165) is 22.3 Å². The summed E-state index contributed by atoms with van der Waals surface area (Å²) >= 11 is 0. The molecule has 0 aliphatic heterocycles. The summed E-state index contributed by atoms with van der Waals surface area (Å²) in [5, 5.41) is 13.3. The Morgan fingerprint density at radius 1 is 0.811 bits per heavy atom. The van der Waals surface area contributed by atoms with Gasteiger partial charge in [0.25, 0.3) is 0 Å². The summed E-state index contributed by atoms with van der Waals surface area (Å²) < 4.78 is 18.2. The molecule has 53 heavy (non-hydrogen) atoms. The quantitative estimate of drug-likeness (QED) is 0.115. The highest BCUT2D eigenvalue weighted by atomic mass is 16.6. The normalized spacial score (nSPS) is 13.2. The number of carboxylic acid groups (broad SMARTS) is 1. The molecule has 274 valence electrons. The lowest BCUT2D eigenvalue weighted by molar-refractivity contribution is -0.154. The van der Waals surface area contributed by atoms with E-state index < -0.39 is 35.4 Å². The minimum Gasteiger partial charge on any atom is -0.480 e. The third kappa shape index (κ3) is 8.41. The highest BCUT2D eigenvalue weighted by molar-refractivity contribution is 6.01. The van der Waals surface area contributed by atoms with Gasteiger partial charge in [0.15, 0.2) is 0 Å². The number of benzene rings is 3. The Labute approximate surface area is 307 Å². The van der Waals surface area contributed by atoms with Crippen LogP contribution in [0, 0.1) is 0 Å². The number of ether oxygens (including phenoxy) is 3. The number of alkyl carbamates (subject to hydrolysis) is 1. The van der Waals surface area contributed by atoms with Crippen molar-refractivity contribution in [3.05, 3.63) is 114 Å². The van der Waals surface area contributed by atoms with Crippen LogP contribution in [-0.4, -0.2) is 62.6 Å². The lowest BCUT2D eigenvalue weighted by Crippen LogP contribution is -2.42. The molecule has 1 aliphatic carbocycles. The molecule has 5 aromatic rings. The maximum absolute atomic E-state index is 13.6. The van der Waals surface area contributed by atoms with Crippen molar-refractivity contribution in [2.75, 3.05) is 6.61 Å². The molecule has 1 aliphatic rings. The molecule has 0 unspecified atom stereocenters. The Hall–Kier alpha value is -5.97. The van der Waals surface area contributed by atoms with Crippen LogP contribution in [0.15, 0.2) is 91.3 Å². The van der Waals surface area contributed by atoms with Crippen LogP contribution < -0.4 is 5.32 Å². The van der Waals surface area contributed by atoms with Gasteiger partial charge in [0.2, 0.25) is 0 Å². The van der Waals surface area contributed by atoms with Crippen LogP contribution in [0.1, 0.15) is 69.7 Å². The Balaban J connectivity index is 1.25. The lowest BCUT2D eigenvalue weighted by atomic mass is 9.98. The van der Waals surface area contributed by atoms with Crippen LogP contribution in [-0.2, 0) is 36.6 Å². The maximum Gasteiger partial charge on any atom is 0.419 e. The number of fused-ring (bicyclic) bond motifs is 4. The van der Waals surface area contributed by atoms with E-state index in [2.05, 4.69) is 10.3 Å². The molecule has 3 aromatic carbocycles. The Bertz CT molecular complexity index is 2150. The number of aromatic nitrogens is 2. The van der Waals surface area contributed by atoms with Crippen molar-refractivity contribution in [2.45, 2.75) is 77.5 Å². The summed E-state index contributed by atoms with van der Waals surface area (Å²) in [5.41, 5.74) is 5.49. The minimum absolute atomic E-state index is 0.0249. The predicted octanol–water partition coefficient (Wildman–Crippen LogP) is 7.91. The molecule has 1 atom stereocenters. The Morgan fingerprint density at radius 3 is 2.02 bits per heavy atom. The molecule has 11 heteroatoms. The molecule has 6 rings (SSSR count). The summed E-state index contributed by atoms with van der Waals surface area (Å²) in [7, 11) is 0. The second-order valence-electron chi connectivity index (χ2n) is 15.1. The van der Waals surface area contributed by atoms with E-state index in [1.165, 1.54) is 10.8 Å². The first-order valence-electron chi connectivity index (χ1n) is 17.5. The number of carbonyl (C=O) groups excluding carboxylic acids is 3. The minimum atomic E-state index is -1.38. The van der Waals surface area contributed by atoms with Crippen molar-refractivity contribution in [1.29, 1.82) is 0 Å². The van der Waals surface area contributed by atoms with Crippen LogP contribution in [0.4, 0.5) is 9.59 Å². The first-order valence-corrected chi connectivity index (χ1v) is 17.5. The molecule has 0 radical (unpaired) electrons. The van der Waals surface area contributed by atoms with E-state index in [1.54, 1.807) is 78.1 Å². The Morgan fingerprint density at radius 2 is 1.43 bits per heavy atom. The Kier molecular flexibility index (Phi) is 10.1. The number of para-hydroxylation sites is 1. The standard InChI is InChI=1S/C42H43N3O8/c1-41(2,3)52-36(46)20-25-18-19-34(43-22-25)32-17-11-16-27-26(23-45(37(27)32)40(50)53-42(4,5)6)21-35(38(47)48)44-39(49)51-24-33-30-14-9-7-12-28(30)29-13-8-10-15-31(29)33/h7-19,22-23,33,35H,20-21,24H2,1-6H3,(H,44,49)(H,47,48)/t35-/m0/s1. The van der Waals surface area contributed by atoms with Gasteiger partial charge in [-0.2, -0.15) is 0 Å². The topological polar surface area (TPSA) is 146 Å². The molecule has 0 saturated heterocycles. The monoisotopic (exact) mass is 717 g/mol. The lowest BCUT2D eigenvalue weighted by Gasteiger charge is -2.20. The molecule has 0 bridgehead atoms. The second kappa shape index (κ2) is 14.6. The van der Waals surface area contributed by atoms with Gasteiger partial charge < -0.3 is 24.6 Å². The molecule has 2 N–H and O–H groups in total. The zero-order valence-electron chi connectivity index (χ0n) is 30.6. The number of carbonyl (C=O) groups is 4. The molecule has 0 saturated carbocycles. The fourth-order valence-electron chi connectivity index (χ4n) is 6.61. The van der Waals surface area contributed by atoms with Crippen molar-refractivity contribution >= 4 is 35.0 Å². The van der Waals surface area contributed by atoms with Gasteiger partial charge in [-0.15, -0.1) is 0 Å². The number of pyridine rings is 1. The SMILES string of the molecule is CC(C)(C)OC(=O)Cc1ccc(-c2cccc3c(C[C@H](NC(=O)OCC4c5ccccc5-c5ccccc54)C(=O)O)cn(C(=O)OC(C)(C)C)c23)nc1. The van der Waals surface area contributed by atoms with Crippen LogP contribution in [0.3, 0.4) is 0 Å². The molecule has 11 nitrogen and oxygen atoms in total. The molecule has 0 spiro atoms. The number of rotatable bonds is 9. The summed E-state index contributed by atoms with van der Waals surface area (Å²) in [6.45, 7) is 10.7. The highest BCUT2D eigenvalue weighted by Gasteiger charge is 2.31. The van der Waals surface area contributed by atoms with Gasteiger partial charge in [-0.05, 0) is 81.0 Å². The van der Waals surface area contributed by atoms with Crippen molar-refractivity contribution < 1.29 is 38.5 Å². The first-order chi connectivity index (χ1) is 25.1. The maximum atomic E-state index is 13.6. The second-order valence-corrected chi connectivity index (χ2v) is 15.1. The fourth-order valence-corrected chi connectivity index (χ4v) is 6.61. The largest absolute Gasteiger partial charge is 0.480 e. The number of esters is 1. The third-order valence-corrected chi connectivity index (χ3v) is 8.73. The third-order valence-electron chi connectivity index (χ3n) is 8.73. The van der Waals surface area contributed by atoms with Gasteiger partial charge in [-0.1, -0.05) is 72.8 Å². The van der Waals surface area contributed by atoms with Gasteiger partial charge >= 0.3 is 24.1 Å². The zero-order valence-corrected chi connectivity index (χ0v) is 30.6. The van der Waals surface area contributed by atoms with Gasteiger partial charge in [-0.25, -0.2) is 14.4 Å². The average Bonchev–Trinajstić information content (AvgIpc) is 3.61. The number of amides is 1. The molecule has 2 heterocycles. The van der Waals surface area contributed by atoms with E-state index in [-0.39, 0.29) is 31.3 Å². The van der Waals surface area contributed by atoms with Crippen molar-refractivity contribution in [2.24, 2.45) is 0 Å². The van der Waals surface area contributed by atoms with Gasteiger partial charge in [0.05, 0.1) is 17.6 Å². The summed E-state index contributed by atoms with van der Waals surface area (Å²) in [5.74, 6) is -1.84. The number of hydrogen-bond donors (Lipinski definition) is 2. The number of nitrogens with one attached hydrogen (secondary N) is 1. The van der Waals surface area contributed by atoms with E-state index in [4.69, 9.17) is 14.2 Å². The molecule has 1 amide bonds. The number of nitrogens with zero attached hydrogens (tertiary/aromatic N) is 2. The first kappa shape index (κ1) is 36.8. The number of aliphatic carboxylic acids is 1. The average molecular weight is 718 g/mol. The zero-order chi connectivity index (χ0) is 38.1. The van der Waals surface area contributed by atoms with Crippen LogP contribution >= 0.6 is 0 Å². The fraction of sp³-hybridized carbons (Fsp3) is 0.310. The van der Waals surface area contributed by atoms with E-state index >= 15 is 0 Å². The van der Waals surface area contributed by atoms with Gasteiger partial charge in [-0.3, -0.25) is 14.3 Å². The number of carboxylic acids is 1. The van der Waals surface area contributed by atoms with Crippen LogP contribution in [0.25, 0.3) is 33.3 Å². The van der Waals surface area contributed by atoms with Gasteiger partial charge in [0.1, 0.15) is 23.9 Å². The van der Waals surface area contributed by atoms with Crippen molar-refractivity contribution in [1.82, 2.24) is 14.9 Å². The van der Waals surface area contributed by atoms with Crippen LogP contribution in [0.5, 0.6) is 0 Å². The van der Waals surface area contributed by atoms with Crippen molar-refractivity contribution in [3.63, 3.8) is 0 Å². The van der Waals surface area contributed by atoms with Crippen LogP contribution in [0.2, 0.25) is 0 Å². The van der Waals surface area contributed by atoms with E-state index in [0.29, 0.717) is 33.3 Å². The molecular weight excluding hydrogens is 674 g/mol. The smallest absolute Gasteiger partial charge is 0.419 e. The van der Waals surface area contributed by atoms with E-state index in [1.807, 2.05) is 48.5 Å². The number of hydrogen-bond acceptors (Lipinski definition) is 8. The molecular formula is C42H43N3O8. The van der Waals surface area contributed by atoms with E-state index in [9.17, 15) is 24.3 Å².